The fourth-order valence-corrected chi connectivity index (χ4v) is 2.49. The molecule has 1 rings (SSSR count). The summed E-state index contributed by atoms with van der Waals surface area (Å²) in [4.78, 5) is 31.5. The second-order valence-electron chi connectivity index (χ2n) is 6.25. The van der Waals surface area contributed by atoms with Gasteiger partial charge in [0.2, 0.25) is 11.8 Å². The van der Waals surface area contributed by atoms with E-state index in [4.69, 9.17) is 0 Å². The van der Waals surface area contributed by atoms with Gasteiger partial charge < -0.3 is 20.4 Å². The molecule has 2 amide bonds. The molecule has 1 unspecified atom stereocenters. The van der Waals surface area contributed by atoms with Gasteiger partial charge in [-0.25, -0.2) is 4.99 Å². The highest BCUT2D eigenvalue weighted by Gasteiger charge is 2.20. The molecule has 1 atom stereocenters. The number of likely N-dealkylation sites (tertiary alicyclic amines) is 1. The molecule has 23 heavy (non-hydrogen) atoms. The molecule has 1 heterocycles. The Hall–Kier alpha value is -1.79. The van der Waals surface area contributed by atoms with Gasteiger partial charge in [0.25, 0.3) is 0 Å². The van der Waals surface area contributed by atoms with E-state index >= 15 is 0 Å². The minimum absolute atomic E-state index is 0.0550. The summed E-state index contributed by atoms with van der Waals surface area (Å²) in [5.74, 6) is 1.30. The summed E-state index contributed by atoms with van der Waals surface area (Å²) in [6, 6.07) is 0. The van der Waals surface area contributed by atoms with Gasteiger partial charge in [0.15, 0.2) is 5.96 Å². The third-order valence-electron chi connectivity index (χ3n) is 3.86. The summed E-state index contributed by atoms with van der Waals surface area (Å²) in [7, 11) is 3.41. The van der Waals surface area contributed by atoms with E-state index in [1.165, 1.54) is 11.3 Å². The Morgan fingerprint density at radius 2 is 2.04 bits per heavy atom. The molecule has 1 aliphatic heterocycles. The van der Waals surface area contributed by atoms with Crippen molar-refractivity contribution in [1.29, 1.82) is 0 Å². The molecule has 1 fully saturated rings. The number of carbonyl (C=O) groups excluding carboxylic acids is 2. The number of aliphatic imine (C=N–C) groups is 1. The normalized spacial score (nSPS) is 18.5. The highest BCUT2D eigenvalue weighted by molar-refractivity contribution is 5.85. The minimum Gasteiger partial charge on any atom is -0.357 e. The minimum atomic E-state index is -0.0550. The summed E-state index contributed by atoms with van der Waals surface area (Å²) in [5.41, 5.74) is 0. The first-order valence-electron chi connectivity index (χ1n) is 8.44. The maximum Gasteiger partial charge on any atom is 0.243 e. The first-order valence-corrected chi connectivity index (χ1v) is 8.44. The Kier molecular flexibility index (Phi) is 8.43. The van der Waals surface area contributed by atoms with Gasteiger partial charge in [-0.15, -0.1) is 0 Å². The molecule has 0 aromatic carbocycles. The summed E-state index contributed by atoms with van der Waals surface area (Å²) in [6.45, 7) is 7.21. The smallest absolute Gasteiger partial charge is 0.243 e. The van der Waals surface area contributed by atoms with Crippen LogP contribution in [0.15, 0.2) is 4.99 Å². The molecular formula is C16H31N5O2. The van der Waals surface area contributed by atoms with Crippen molar-refractivity contribution in [2.45, 2.75) is 33.1 Å². The van der Waals surface area contributed by atoms with E-state index in [0.717, 1.165) is 19.5 Å². The van der Waals surface area contributed by atoms with Crippen molar-refractivity contribution in [2.75, 3.05) is 46.8 Å². The van der Waals surface area contributed by atoms with Gasteiger partial charge in [0, 0.05) is 46.7 Å². The number of hydrogen-bond donors (Lipinski definition) is 2. The zero-order valence-corrected chi connectivity index (χ0v) is 14.9. The number of nitrogens with one attached hydrogen (secondary N) is 2. The number of nitrogens with zero attached hydrogens (tertiary/aromatic N) is 3. The molecule has 1 aliphatic rings. The predicted molar refractivity (Wildman–Crippen MR) is 92.3 cm³/mol. The fraction of sp³-hybridized carbons (Fsp3) is 0.812. The third kappa shape index (κ3) is 7.34. The number of amides is 2. The summed E-state index contributed by atoms with van der Waals surface area (Å²) >= 11 is 0. The number of carbonyl (C=O) groups is 2. The number of hydrogen-bond acceptors (Lipinski definition) is 3. The summed E-state index contributed by atoms with van der Waals surface area (Å²) in [6.07, 6.45) is 2.75. The van der Waals surface area contributed by atoms with Crippen LogP contribution < -0.4 is 10.6 Å². The van der Waals surface area contributed by atoms with Crippen molar-refractivity contribution in [1.82, 2.24) is 20.4 Å². The number of rotatable bonds is 6. The van der Waals surface area contributed by atoms with Gasteiger partial charge in [-0.2, -0.15) is 0 Å². The number of piperidine rings is 1. The Bertz CT molecular complexity index is 423. The van der Waals surface area contributed by atoms with Gasteiger partial charge in [0.1, 0.15) is 6.54 Å². The van der Waals surface area contributed by atoms with Crippen molar-refractivity contribution >= 4 is 17.8 Å². The lowest BCUT2D eigenvalue weighted by Crippen LogP contribution is -2.42. The van der Waals surface area contributed by atoms with Crippen LogP contribution in [0, 0.1) is 5.92 Å². The molecule has 132 valence electrons. The van der Waals surface area contributed by atoms with Crippen LogP contribution in [0.2, 0.25) is 0 Å². The molecule has 0 bridgehead atoms. The van der Waals surface area contributed by atoms with E-state index in [1.54, 1.807) is 14.1 Å². The molecule has 2 N–H and O–H groups in total. The Morgan fingerprint density at radius 3 is 2.65 bits per heavy atom. The van der Waals surface area contributed by atoms with Gasteiger partial charge in [-0.3, -0.25) is 9.59 Å². The molecular weight excluding hydrogens is 294 g/mol. The van der Waals surface area contributed by atoms with Gasteiger partial charge in [-0.1, -0.05) is 6.92 Å². The van der Waals surface area contributed by atoms with Crippen LogP contribution in [0.25, 0.3) is 0 Å². The zero-order chi connectivity index (χ0) is 17.2. The Labute approximate surface area is 139 Å². The molecule has 0 aromatic rings. The van der Waals surface area contributed by atoms with E-state index in [0.29, 0.717) is 31.4 Å². The lowest BCUT2D eigenvalue weighted by atomic mass is 10.00. The van der Waals surface area contributed by atoms with Crippen LogP contribution in [0.1, 0.15) is 33.1 Å². The average Bonchev–Trinajstić information content (AvgIpc) is 2.51. The highest BCUT2D eigenvalue weighted by atomic mass is 16.2. The molecule has 0 aromatic heterocycles. The van der Waals surface area contributed by atoms with Crippen LogP contribution >= 0.6 is 0 Å². The summed E-state index contributed by atoms with van der Waals surface area (Å²) in [5, 5.41) is 6.20. The van der Waals surface area contributed by atoms with E-state index in [2.05, 4.69) is 22.5 Å². The monoisotopic (exact) mass is 325 g/mol. The zero-order valence-electron chi connectivity index (χ0n) is 14.9. The van der Waals surface area contributed by atoms with Crippen molar-refractivity contribution in [2.24, 2.45) is 10.9 Å². The fourth-order valence-electron chi connectivity index (χ4n) is 2.49. The number of guanidine groups is 1. The quantitative estimate of drug-likeness (QED) is 0.543. The van der Waals surface area contributed by atoms with E-state index in [-0.39, 0.29) is 18.4 Å². The SMILES string of the molecule is CCNC(=NCC(=O)N(C)C)NCCC(=O)N1CCCC(C)C1. The lowest BCUT2D eigenvalue weighted by molar-refractivity contribution is -0.132. The van der Waals surface area contributed by atoms with Crippen LogP contribution in [-0.2, 0) is 9.59 Å². The van der Waals surface area contributed by atoms with Crippen LogP contribution in [0.4, 0.5) is 0 Å². The number of likely N-dealkylation sites (N-methyl/N-ethyl adjacent to an activating group) is 1. The Morgan fingerprint density at radius 1 is 1.30 bits per heavy atom. The van der Waals surface area contributed by atoms with Crippen molar-refractivity contribution in [3.05, 3.63) is 0 Å². The third-order valence-corrected chi connectivity index (χ3v) is 3.86. The molecule has 7 nitrogen and oxygen atoms in total. The van der Waals surface area contributed by atoms with Crippen molar-refractivity contribution < 1.29 is 9.59 Å². The maximum atomic E-state index is 12.2. The average molecular weight is 325 g/mol. The topological polar surface area (TPSA) is 77.0 Å². The predicted octanol–water partition coefficient (Wildman–Crippen LogP) is 0.278. The molecule has 0 spiro atoms. The highest BCUT2D eigenvalue weighted by Crippen LogP contribution is 2.15. The second-order valence-corrected chi connectivity index (χ2v) is 6.25. The molecule has 7 heteroatoms. The first-order chi connectivity index (χ1) is 10.9. The van der Waals surface area contributed by atoms with Crippen LogP contribution in [0.5, 0.6) is 0 Å². The first kappa shape index (κ1) is 19.3. The van der Waals surface area contributed by atoms with Gasteiger partial charge in [-0.05, 0) is 25.7 Å². The molecule has 0 radical (unpaired) electrons. The van der Waals surface area contributed by atoms with E-state index in [9.17, 15) is 9.59 Å². The standard InChI is InChI=1S/C16H31N5O2/c1-5-17-16(19-11-15(23)20(3)4)18-9-8-14(22)21-10-6-7-13(2)12-21/h13H,5-12H2,1-4H3,(H2,17,18,19). The van der Waals surface area contributed by atoms with Crippen LogP contribution in [-0.4, -0.2) is 74.4 Å². The van der Waals surface area contributed by atoms with Crippen molar-refractivity contribution in [3.8, 4) is 0 Å². The molecule has 0 saturated carbocycles. The Balaban J connectivity index is 2.38. The largest absolute Gasteiger partial charge is 0.357 e. The summed E-state index contributed by atoms with van der Waals surface area (Å²) < 4.78 is 0. The lowest BCUT2D eigenvalue weighted by Gasteiger charge is -2.31. The van der Waals surface area contributed by atoms with Gasteiger partial charge in [0.05, 0.1) is 0 Å². The molecule has 0 aliphatic carbocycles. The van der Waals surface area contributed by atoms with E-state index in [1.807, 2.05) is 11.8 Å². The van der Waals surface area contributed by atoms with Gasteiger partial charge >= 0.3 is 0 Å². The van der Waals surface area contributed by atoms with E-state index < -0.39 is 0 Å². The molecule has 1 saturated heterocycles. The van der Waals surface area contributed by atoms with Crippen molar-refractivity contribution in [3.63, 3.8) is 0 Å². The second kappa shape index (κ2) is 10.1. The van der Waals surface area contributed by atoms with Crippen LogP contribution in [0.3, 0.4) is 0 Å². The maximum absolute atomic E-state index is 12.2.